The van der Waals surface area contributed by atoms with Crippen molar-refractivity contribution in [3.05, 3.63) is 48.6 Å². The highest BCUT2D eigenvalue weighted by molar-refractivity contribution is 5.32. The van der Waals surface area contributed by atoms with Crippen molar-refractivity contribution < 1.29 is 5.11 Å². The minimum atomic E-state index is -0.941. The maximum atomic E-state index is 10.4. The van der Waals surface area contributed by atoms with Gasteiger partial charge in [-0.3, -0.25) is 0 Å². The van der Waals surface area contributed by atoms with E-state index < -0.39 is 5.60 Å². The van der Waals surface area contributed by atoms with Crippen LogP contribution in [0, 0.1) is 6.08 Å². The lowest BCUT2D eigenvalue weighted by Crippen LogP contribution is -2.23. The van der Waals surface area contributed by atoms with Crippen LogP contribution in [0.3, 0.4) is 0 Å². The molecule has 0 aliphatic rings. The van der Waals surface area contributed by atoms with Gasteiger partial charge in [0.05, 0.1) is 0 Å². The first kappa shape index (κ1) is 15.9. The zero-order valence-corrected chi connectivity index (χ0v) is 11.4. The molecule has 0 aliphatic heterocycles. The van der Waals surface area contributed by atoms with Crippen LogP contribution in [0.4, 0.5) is 0 Å². The first-order chi connectivity index (χ1) is 8.08. The molecule has 1 heteroatoms. The second-order valence-corrected chi connectivity index (χ2v) is 4.25. The summed E-state index contributed by atoms with van der Waals surface area (Å²) in [6.07, 6.45) is 16.5. The first-order valence-electron chi connectivity index (χ1n) is 6.39. The van der Waals surface area contributed by atoms with E-state index in [1.807, 2.05) is 24.3 Å². The molecule has 1 atom stereocenters. The monoisotopic (exact) mass is 233 g/mol. The minimum absolute atomic E-state index is 0.815. The van der Waals surface area contributed by atoms with Crippen molar-refractivity contribution in [3.63, 3.8) is 0 Å². The van der Waals surface area contributed by atoms with E-state index in [2.05, 4.69) is 26.5 Å². The molecule has 0 aromatic rings. The van der Waals surface area contributed by atoms with Crippen LogP contribution in [-0.4, -0.2) is 10.7 Å². The van der Waals surface area contributed by atoms with Gasteiger partial charge in [0, 0.05) is 0 Å². The third-order valence-electron chi connectivity index (χ3n) is 2.47. The van der Waals surface area contributed by atoms with Crippen molar-refractivity contribution in [1.82, 2.24) is 0 Å². The Balaban J connectivity index is 4.88. The van der Waals surface area contributed by atoms with Gasteiger partial charge in [0.15, 0.2) is 0 Å². The van der Waals surface area contributed by atoms with Gasteiger partial charge in [0.1, 0.15) is 5.60 Å². The Hall–Kier alpha value is -1.08. The molecule has 0 rings (SSSR count). The van der Waals surface area contributed by atoms with Crippen molar-refractivity contribution in [2.45, 2.75) is 52.1 Å². The Kier molecular flexibility index (Phi) is 8.43. The highest BCUT2D eigenvalue weighted by Crippen LogP contribution is 2.20. The first-order valence-corrected chi connectivity index (χ1v) is 6.39. The van der Waals surface area contributed by atoms with E-state index in [-0.39, 0.29) is 0 Å². The van der Waals surface area contributed by atoms with Crippen LogP contribution >= 0.6 is 0 Å². The summed E-state index contributed by atoms with van der Waals surface area (Å²) < 4.78 is 0. The van der Waals surface area contributed by atoms with Crippen LogP contribution in [0.2, 0.25) is 0 Å². The SMILES string of the molecule is C=CC=C/C(=[C]\CCCC)C(C)(O)C=CCC. The van der Waals surface area contributed by atoms with E-state index >= 15 is 0 Å². The van der Waals surface area contributed by atoms with Crippen molar-refractivity contribution in [3.8, 4) is 0 Å². The van der Waals surface area contributed by atoms with Gasteiger partial charge in [-0.15, -0.1) is 0 Å². The molecule has 1 N–H and O–H groups in total. The second kappa shape index (κ2) is 9.00. The average molecular weight is 233 g/mol. The quantitative estimate of drug-likeness (QED) is 0.375. The lowest BCUT2D eigenvalue weighted by atomic mass is 9.93. The third kappa shape index (κ3) is 6.96. The molecular weight excluding hydrogens is 208 g/mol. The zero-order chi connectivity index (χ0) is 13.1. The van der Waals surface area contributed by atoms with E-state index in [9.17, 15) is 5.11 Å². The molecule has 0 bridgehead atoms. The van der Waals surface area contributed by atoms with Crippen molar-refractivity contribution in [2.75, 3.05) is 0 Å². The lowest BCUT2D eigenvalue weighted by Gasteiger charge is -2.20. The van der Waals surface area contributed by atoms with Gasteiger partial charge in [0.2, 0.25) is 0 Å². The number of rotatable bonds is 8. The van der Waals surface area contributed by atoms with Crippen LogP contribution in [0.5, 0.6) is 0 Å². The number of aliphatic hydroxyl groups is 1. The third-order valence-corrected chi connectivity index (χ3v) is 2.47. The topological polar surface area (TPSA) is 20.2 Å². The van der Waals surface area contributed by atoms with E-state index in [1.54, 1.807) is 13.0 Å². The van der Waals surface area contributed by atoms with Gasteiger partial charge >= 0.3 is 0 Å². The molecule has 0 aliphatic carbocycles. The van der Waals surface area contributed by atoms with Crippen LogP contribution in [0.25, 0.3) is 0 Å². The molecule has 0 heterocycles. The van der Waals surface area contributed by atoms with Crippen LogP contribution in [0.15, 0.2) is 42.5 Å². The predicted molar refractivity (Wildman–Crippen MR) is 75.7 cm³/mol. The second-order valence-electron chi connectivity index (χ2n) is 4.25. The van der Waals surface area contributed by atoms with E-state index in [1.165, 1.54) is 0 Å². The fraction of sp³-hybridized carbons (Fsp3) is 0.500. The molecule has 95 valence electrons. The summed E-state index contributed by atoms with van der Waals surface area (Å²) in [4.78, 5) is 0. The molecule has 1 nitrogen and oxygen atoms in total. The van der Waals surface area contributed by atoms with Gasteiger partial charge in [-0.2, -0.15) is 0 Å². The molecule has 0 saturated carbocycles. The Morgan fingerprint density at radius 3 is 2.65 bits per heavy atom. The average Bonchev–Trinajstić information content (AvgIpc) is 2.31. The summed E-state index contributed by atoms with van der Waals surface area (Å²) in [6, 6.07) is 0. The molecule has 1 unspecified atom stereocenters. The van der Waals surface area contributed by atoms with Crippen molar-refractivity contribution >= 4 is 0 Å². The Morgan fingerprint density at radius 1 is 1.41 bits per heavy atom. The summed E-state index contributed by atoms with van der Waals surface area (Å²) in [5.41, 5.74) is -0.126. The summed E-state index contributed by atoms with van der Waals surface area (Å²) in [5, 5.41) is 10.4. The molecule has 0 saturated heterocycles. The van der Waals surface area contributed by atoms with Crippen LogP contribution < -0.4 is 0 Å². The standard InChI is InChI=1S/C16H25O/c1-5-8-11-13-15(12-9-6-2)16(4,17)14-10-7-3/h6,9-10,12,14,17H,2,5,7-8,11H2,1,3-4H3. The van der Waals surface area contributed by atoms with Crippen molar-refractivity contribution in [1.29, 1.82) is 0 Å². The fourth-order valence-corrected chi connectivity index (χ4v) is 1.41. The van der Waals surface area contributed by atoms with Gasteiger partial charge in [-0.05, 0) is 37.8 Å². The maximum absolute atomic E-state index is 10.4. The van der Waals surface area contributed by atoms with E-state index in [4.69, 9.17) is 0 Å². The molecule has 1 radical (unpaired) electrons. The predicted octanol–water partition coefficient (Wildman–Crippen LogP) is 4.37. The molecular formula is C16H25O. The summed E-state index contributed by atoms with van der Waals surface area (Å²) in [7, 11) is 0. The smallest absolute Gasteiger partial charge is 0.105 e. The summed E-state index contributed by atoms with van der Waals surface area (Å²) in [5.74, 6) is 0. The molecule has 17 heavy (non-hydrogen) atoms. The van der Waals surface area contributed by atoms with Crippen LogP contribution in [-0.2, 0) is 0 Å². The normalized spacial score (nSPS) is 16.6. The van der Waals surface area contributed by atoms with Gasteiger partial charge < -0.3 is 5.11 Å². The zero-order valence-electron chi connectivity index (χ0n) is 11.4. The van der Waals surface area contributed by atoms with Gasteiger partial charge in [-0.25, -0.2) is 0 Å². The highest BCUT2D eigenvalue weighted by Gasteiger charge is 2.19. The van der Waals surface area contributed by atoms with Crippen molar-refractivity contribution in [2.24, 2.45) is 0 Å². The minimum Gasteiger partial charge on any atom is -0.381 e. The number of hydrogen-bond donors (Lipinski definition) is 1. The molecule has 0 spiro atoms. The molecule has 0 aromatic carbocycles. The maximum Gasteiger partial charge on any atom is 0.105 e. The Morgan fingerprint density at radius 2 is 2.12 bits per heavy atom. The highest BCUT2D eigenvalue weighted by atomic mass is 16.3. The van der Waals surface area contributed by atoms with E-state index in [0.717, 1.165) is 31.3 Å². The number of hydrogen-bond acceptors (Lipinski definition) is 1. The summed E-state index contributed by atoms with van der Waals surface area (Å²) >= 11 is 0. The van der Waals surface area contributed by atoms with Crippen LogP contribution in [0.1, 0.15) is 46.5 Å². The molecule has 0 aromatic heterocycles. The molecule has 0 amide bonds. The number of unbranched alkanes of at least 4 members (excludes halogenated alkanes) is 2. The summed E-state index contributed by atoms with van der Waals surface area (Å²) in [6.45, 7) is 9.64. The largest absolute Gasteiger partial charge is 0.381 e. The Labute approximate surface area is 106 Å². The van der Waals surface area contributed by atoms with Gasteiger partial charge in [0.25, 0.3) is 0 Å². The molecule has 0 fully saturated rings. The van der Waals surface area contributed by atoms with E-state index in [0.29, 0.717) is 0 Å². The van der Waals surface area contributed by atoms with Gasteiger partial charge in [-0.1, -0.05) is 57.2 Å². The lowest BCUT2D eigenvalue weighted by molar-refractivity contribution is 0.153. The number of allylic oxidation sites excluding steroid dienone is 4. The fourth-order valence-electron chi connectivity index (χ4n) is 1.41. The Bertz CT molecular complexity index is 293.